The Bertz CT molecular complexity index is 1720. The topological polar surface area (TPSA) is 63.2 Å². The van der Waals surface area contributed by atoms with Crippen LogP contribution in [-0.4, -0.2) is 85.8 Å². The molecule has 6 nitrogen and oxygen atoms in total. The zero-order chi connectivity index (χ0) is 45.2. The number of carbonyl (C=O) groups excluding carboxylic acids is 1. The predicted octanol–water partition coefficient (Wildman–Crippen LogP) is 11.8. The monoisotopic (exact) mass is 900 g/mol. The van der Waals surface area contributed by atoms with E-state index in [-0.39, 0.29) is 36.5 Å². The van der Waals surface area contributed by atoms with Crippen LogP contribution >= 0.6 is 0 Å². The van der Waals surface area contributed by atoms with Gasteiger partial charge in [0.05, 0.1) is 24.9 Å². The second kappa shape index (κ2) is 17.9. The number of unbranched alkanes of at least 4 members (excludes halogenated alkanes) is 4. The first-order valence-electron chi connectivity index (χ1n) is 18.2. The Labute approximate surface area is 330 Å². The molecule has 2 saturated heterocycles. The second-order valence-electron chi connectivity index (χ2n) is 14.3. The van der Waals surface area contributed by atoms with E-state index in [1.54, 1.807) is 12.1 Å². The molecule has 60 heavy (non-hydrogen) atoms. The van der Waals surface area contributed by atoms with E-state index < -0.39 is 90.9 Å². The van der Waals surface area contributed by atoms with Crippen molar-refractivity contribution >= 4 is 5.97 Å². The molecular formula is C37H37F17O6. The van der Waals surface area contributed by atoms with Gasteiger partial charge in [-0.15, -0.1) is 0 Å². The third-order valence-electron chi connectivity index (χ3n) is 9.96. The van der Waals surface area contributed by atoms with Gasteiger partial charge in [0, 0.05) is 12.3 Å². The van der Waals surface area contributed by atoms with Crippen LogP contribution < -0.4 is 14.2 Å². The Hall–Kier alpha value is -3.76. The average Bonchev–Trinajstić information content (AvgIpc) is 3.56. The molecule has 2 aliphatic rings. The van der Waals surface area contributed by atoms with Crippen LogP contribution in [0, 0.1) is 11.8 Å². The summed E-state index contributed by atoms with van der Waals surface area (Å²) in [6, 6.07) is 11.8. The first-order valence-corrected chi connectivity index (χ1v) is 18.2. The number of rotatable bonds is 20. The van der Waals surface area contributed by atoms with E-state index in [4.69, 9.17) is 23.7 Å². The Morgan fingerprint density at radius 1 is 0.617 bits per heavy atom. The van der Waals surface area contributed by atoms with Gasteiger partial charge in [-0.25, -0.2) is 4.79 Å². The molecule has 0 aliphatic carbocycles. The molecule has 2 fully saturated rings. The predicted molar refractivity (Wildman–Crippen MR) is 174 cm³/mol. The molecule has 0 aromatic heterocycles. The summed E-state index contributed by atoms with van der Waals surface area (Å²) < 4.78 is 260. The highest BCUT2D eigenvalue weighted by Gasteiger charge is 2.95. The quantitative estimate of drug-likeness (QED) is 0.0571. The molecule has 2 aliphatic heterocycles. The fourth-order valence-electron chi connectivity index (χ4n) is 6.36. The van der Waals surface area contributed by atoms with Crippen LogP contribution in [-0.2, 0) is 9.47 Å². The molecule has 0 amide bonds. The van der Waals surface area contributed by atoms with Gasteiger partial charge in [0.2, 0.25) is 0 Å². The summed E-state index contributed by atoms with van der Waals surface area (Å²) in [4.78, 5) is 12.6. The second-order valence-corrected chi connectivity index (χ2v) is 14.3. The first kappa shape index (κ1) is 48.9. The van der Waals surface area contributed by atoms with Gasteiger partial charge in [0.1, 0.15) is 23.9 Å². The van der Waals surface area contributed by atoms with Crippen LogP contribution in [0.1, 0.15) is 68.6 Å². The maximum absolute atomic E-state index is 14.7. The number of halogens is 17. The Morgan fingerprint density at radius 2 is 1.12 bits per heavy atom. The molecule has 340 valence electrons. The maximum Gasteiger partial charge on any atom is 0.460 e. The highest BCUT2D eigenvalue weighted by Crippen LogP contribution is 2.64. The summed E-state index contributed by atoms with van der Waals surface area (Å²) in [6.45, 7) is 1.39. The number of hydrogen-bond donors (Lipinski definition) is 0. The van der Waals surface area contributed by atoms with Crippen molar-refractivity contribution in [1.82, 2.24) is 0 Å². The summed E-state index contributed by atoms with van der Waals surface area (Å²) in [7, 11) is 0. The lowest BCUT2D eigenvalue weighted by atomic mass is 9.81. The molecular weight excluding hydrogens is 863 g/mol. The van der Waals surface area contributed by atoms with E-state index in [1.165, 1.54) is 36.4 Å². The normalized spacial score (nSPS) is 21.1. The van der Waals surface area contributed by atoms with Gasteiger partial charge in [0.15, 0.2) is 6.29 Å². The van der Waals surface area contributed by atoms with Crippen molar-refractivity contribution in [1.29, 1.82) is 0 Å². The number of esters is 1. The van der Waals surface area contributed by atoms with E-state index in [1.807, 2.05) is 0 Å². The van der Waals surface area contributed by atoms with E-state index in [9.17, 15) is 79.4 Å². The van der Waals surface area contributed by atoms with Crippen LogP contribution in [0.15, 0.2) is 48.5 Å². The average molecular weight is 901 g/mol. The lowest BCUT2D eigenvalue weighted by molar-refractivity contribution is -0.462. The largest absolute Gasteiger partial charge is 0.494 e. The molecule has 2 aromatic rings. The molecule has 23 heteroatoms. The minimum atomic E-state index is -8.68. The lowest BCUT2D eigenvalue weighted by Gasteiger charge is -2.43. The van der Waals surface area contributed by atoms with Crippen LogP contribution in [0.5, 0.6) is 17.2 Å². The number of benzene rings is 2. The Kier molecular flexibility index (Phi) is 14.6. The van der Waals surface area contributed by atoms with Crippen molar-refractivity contribution in [2.45, 2.75) is 118 Å². The van der Waals surface area contributed by atoms with Crippen molar-refractivity contribution in [2.24, 2.45) is 11.8 Å². The number of alkyl halides is 17. The van der Waals surface area contributed by atoms with Gasteiger partial charge < -0.3 is 23.7 Å². The molecule has 0 spiro atoms. The molecule has 0 unspecified atom stereocenters. The van der Waals surface area contributed by atoms with E-state index in [0.717, 1.165) is 32.1 Å². The molecule has 0 radical (unpaired) electrons. The molecule has 0 saturated carbocycles. The van der Waals surface area contributed by atoms with E-state index in [0.29, 0.717) is 12.4 Å². The summed E-state index contributed by atoms with van der Waals surface area (Å²) in [5, 5.41) is 0. The number of hydrogen-bond acceptors (Lipinski definition) is 6. The third-order valence-corrected chi connectivity index (χ3v) is 9.96. The fourth-order valence-corrected chi connectivity index (χ4v) is 6.36. The first-order chi connectivity index (χ1) is 27.6. The van der Waals surface area contributed by atoms with Gasteiger partial charge >= 0.3 is 53.6 Å². The molecule has 4 rings (SSSR count). The highest BCUT2D eigenvalue weighted by atomic mass is 19.4. The third kappa shape index (κ3) is 9.50. The van der Waals surface area contributed by atoms with Crippen molar-refractivity contribution in [3.05, 3.63) is 54.1 Å². The smallest absolute Gasteiger partial charge is 0.460 e. The number of carbonyl (C=O) groups is 1. The summed E-state index contributed by atoms with van der Waals surface area (Å²) in [6.07, 6.45) is -7.82. The van der Waals surface area contributed by atoms with Crippen molar-refractivity contribution in [3.63, 3.8) is 0 Å². The minimum absolute atomic E-state index is 0.107. The van der Waals surface area contributed by atoms with Gasteiger partial charge in [-0.3, -0.25) is 0 Å². The molecule has 2 aromatic carbocycles. The SMILES string of the molecule is CCCCCCCOc1ccc(C(=O)Oc2ccc(OC[C@@H]3CC[C@H]4[C@@H](CC(F)(F)C(F)(F)C(F)(F)C(F)(F)C(F)(F)C(F)(F)C(F)(F)C(F)(F)F)CO[C@H]4O3)cc2)cc1. The molecule has 0 bridgehead atoms. The van der Waals surface area contributed by atoms with Crippen LogP contribution in [0.4, 0.5) is 74.6 Å². The Morgan fingerprint density at radius 3 is 1.68 bits per heavy atom. The highest BCUT2D eigenvalue weighted by molar-refractivity contribution is 5.91. The fraction of sp³-hybridized carbons (Fsp3) is 0.649. The van der Waals surface area contributed by atoms with E-state index in [2.05, 4.69) is 6.92 Å². The van der Waals surface area contributed by atoms with Gasteiger partial charge in [-0.05, 0) is 73.7 Å². The zero-order valence-corrected chi connectivity index (χ0v) is 31.1. The van der Waals surface area contributed by atoms with Gasteiger partial charge in [-0.2, -0.15) is 74.6 Å². The molecule has 4 atom stereocenters. The number of ether oxygens (including phenoxy) is 5. The maximum atomic E-state index is 14.7. The summed E-state index contributed by atoms with van der Waals surface area (Å²) in [5.74, 6) is -59.8. The lowest BCUT2D eigenvalue weighted by Crippen LogP contribution is -2.74. The number of fused-ring (bicyclic) bond motifs is 1. The van der Waals surface area contributed by atoms with Crippen molar-refractivity contribution in [3.8, 4) is 17.2 Å². The van der Waals surface area contributed by atoms with Crippen molar-refractivity contribution < 1.29 is 103 Å². The van der Waals surface area contributed by atoms with Crippen LogP contribution in [0.25, 0.3) is 0 Å². The Balaban J connectivity index is 1.29. The van der Waals surface area contributed by atoms with Crippen LogP contribution in [0.2, 0.25) is 0 Å². The summed E-state index contributed by atoms with van der Waals surface area (Å²) >= 11 is 0. The zero-order valence-electron chi connectivity index (χ0n) is 31.1. The van der Waals surface area contributed by atoms with Gasteiger partial charge in [-0.1, -0.05) is 32.6 Å². The van der Waals surface area contributed by atoms with Crippen LogP contribution in [0.3, 0.4) is 0 Å². The van der Waals surface area contributed by atoms with E-state index >= 15 is 0 Å². The van der Waals surface area contributed by atoms with Gasteiger partial charge in [0.25, 0.3) is 0 Å². The minimum Gasteiger partial charge on any atom is -0.494 e. The molecule has 0 N–H and O–H groups in total. The summed E-state index contributed by atoms with van der Waals surface area (Å²) in [5.41, 5.74) is 0.233. The van der Waals surface area contributed by atoms with Crippen molar-refractivity contribution in [2.75, 3.05) is 19.8 Å². The molecule has 2 heterocycles. The standard InChI is InChI=1S/C37H37F17O6/c1-2-3-4-5-6-17-56-23-9-7-21(8-10-23)28(55)59-25-13-11-24(12-14-25)57-20-26-15-16-27-22(19-58-29(27)60-26)18-30(38,39)31(40,41)32(42,43)33(44,45)34(46,47)35(48,49)36(50,51)37(52,53)54/h7-14,22,26-27,29H,2-6,15-20H2,1H3/t22-,26-,27-,29-/m0/s1.